The van der Waals surface area contributed by atoms with Crippen LogP contribution in [0.2, 0.25) is 0 Å². The second-order valence-corrected chi connectivity index (χ2v) is 5.38. The van der Waals surface area contributed by atoms with Crippen LogP contribution >= 0.6 is 0 Å². The van der Waals surface area contributed by atoms with Crippen molar-refractivity contribution in [3.63, 3.8) is 0 Å². The summed E-state index contributed by atoms with van der Waals surface area (Å²) in [5.74, 6) is -0.946. The fourth-order valence-electron chi connectivity index (χ4n) is 2.02. The minimum Gasteiger partial charge on any atom is -0.481 e. The highest BCUT2D eigenvalue weighted by molar-refractivity contribution is 5.77. The van der Waals surface area contributed by atoms with Crippen LogP contribution in [0.15, 0.2) is 0 Å². The quantitative estimate of drug-likeness (QED) is 0.762. The number of hydrogen-bond donors (Lipinski definition) is 2. The first-order valence-electron chi connectivity index (χ1n) is 6.26. The molecule has 0 aromatic carbocycles. The molecule has 0 unspecified atom stereocenters. The van der Waals surface area contributed by atoms with Gasteiger partial charge in [-0.1, -0.05) is 0 Å². The van der Waals surface area contributed by atoms with Crippen molar-refractivity contribution in [1.29, 1.82) is 0 Å². The predicted octanol–water partition coefficient (Wildman–Crippen LogP) is 0.113. The fraction of sp³-hybridized carbons (Fsp3) is 0.750. The van der Waals surface area contributed by atoms with Gasteiger partial charge in [-0.15, -0.1) is 0 Å². The number of piperazine rings is 1. The maximum atomic E-state index is 12.0. The topological polar surface area (TPSA) is 90.0 Å². The van der Waals surface area contributed by atoms with E-state index in [0.29, 0.717) is 26.2 Å². The SMILES string of the molecule is CC(=O)N1CCN(C(=O)NC(C)(C)CC(=O)O)CC1. The number of carbonyl (C=O) groups excluding carboxylic acids is 2. The van der Waals surface area contributed by atoms with E-state index in [-0.39, 0.29) is 18.4 Å². The number of carboxylic acids is 1. The maximum Gasteiger partial charge on any atom is 0.317 e. The average Bonchev–Trinajstić information content (AvgIpc) is 2.26. The summed E-state index contributed by atoms with van der Waals surface area (Å²) in [6, 6.07) is -0.283. The lowest BCUT2D eigenvalue weighted by molar-refractivity contribution is -0.138. The first-order chi connectivity index (χ1) is 8.71. The normalized spacial score (nSPS) is 16.2. The van der Waals surface area contributed by atoms with Crippen LogP contribution in [-0.2, 0) is 9.59 Å². The van der Waals surface area contributed by atoms with E-state index < -0.39 is 11.5 Å². The van der Waals surface area contributed by atoms with Crippen LogP contribution in [-0.4, -0.2) is 64.5 Å². The van der Waals surface area contributed by atoms with Crippen LogP contribution in [0, 0.1) is 0 Å². The molecule has 1 heterocycles. The molecule has 1 rings (SSSR count). The number of nitrogens with zero attached hydrogens (tertiary/aromatic N) is 2. The average molecular weight is 271 g/mol. The Morgan fingerprint density at radius 3 is 2.00 bits per heavy atom. The van der Waals surface area contributed by atoms with Crippen molar-refractivity contribution in [2.75, 3.05) is 26.2 Å². The van der Waals surface area contributed by atoms with E-state index in [2.05, 4.69) is 5.32 Å². The smallest absolute Gasteiger partial charge is 0.317 e. The summed E-state index contributed by atoms with van der Waals surface area (Å²) in [5.41, 5.74) is -0.791. The monoisotopic (exact) mass is 271 g/mol. The number of urea groups is 1. The summed E-state index contributed by atoms with van der Waals surface area (Å²) < 4.78 is 0. The van der Waals surface area contributed by atoms with Crippen molar-refractivity contribution in [3.8, 4) is 0 Å². The summed E-state index contributed by atoms with van der Waals surface area (Å²) in [7, 11) is 0. The molecule has 1 saturated heterocycles. The molecule has 0 spiro atoms. The van der Waals surface area contributed by atoms with Gasteiger partial charge in [-0.05, 0) is 13.8 Å². The number of amides is 3. The van der Waals surface area contributed by atoms with Gasteiger partial charge in [0, 0.05) is 38.6 Å². The van der Waals surface area contributed by atoms with Gasteiger partial charge >= 0.3 is 12.0 Å². The van der Waals surface area contributed by atoms with Crippen molar-refractivity contribution in [2.45, 2.75) is 32.7 Å². The highest BCUT2D eigenvalue weighted by Gasteiger charge is 2.28. The second kappa shape index (κ2) is 5.90. The number of carbonyl (C=O) groups is 3. The zero-order chi connectivity index (χ0) is 14.6. The zero-order valence-electron chi connectivity index (χ0n) is 11.6. The van der Waals surface area contributed by atoms with E-state index in [4.69, 9.17) is 5.11 Å². The molecule has 19 heavy (non-hydrogen) atoms. The van der Waals surface area contributed by atoms with Gasteiger partial charge < -0.3 is 20.2 Å². The second-order valence-electron chi connectivity index (χ2n) is 5.38. The molecule has 0 aromatic heterocycles. The Labute approximate surface area is 112 Å². The molecule has 1 aliphatic heterocycles. The molecule has 2 N–H and O–H groups in total. The molecular formula is C12H21N3O4. The van der Waals surface area contributed by atoms with E-state index in [9.17, 15) is 14.4 Å². The van der Waals surface area contributed by atoms with Gasteiger partial charge in [0.05, 0.1) is 6.42 Å². The lowest BCUT2D eigenvalue weighted by Gasteiger charge is -2.36. The van der Waals surface area contributed by atoms with Gasteiger partial charge in [0.25, 0.3) is 0 Å². The zero-order valence-corrected chi connectivity index (χ0v) is 11.6. The van der Waals surface area contributed by atoms with E-state index in [0.717, 1.165) is 0 Å². The van der Waals surface area contributed by atoms with Gasteiger partial charge in [-0.2, -0.15) is 0 Å². The summed E-state index contributed by atoms with van der Waals surface area (Å²) in [6.07, 6.45) is -0.133. The summed E-state index contributed by atoms with van der Waals surface area (Å²) in [4.78, 5) is 37.1. The third-order valence-electron chi connectivity index (χ3n) is 3.05. The number of hydrogen-bond acceptors (Lipinski definition) is 3. The molecule has 108 valence electrons. The van der Waals surface area contributed by atoms with Gasteiger partial charge in [-0.3, -0.25) is 9.59 Å². The van der Waals surface area contributed by atoms with E-state index in [1.54, 1.807) is 23.6 Å². The summed E-state index contributed by atoms with van der Waals surface area (Å²) in [5, 5.41) is 11.5. The Hall–Kier alpha value is -1.79. The predicted molar refractivity (Wildman–Crippen MR) is 68.7 cm³/mol. The molecule has 0 atom stereocenters. The number of aliphatic carboxylic acids is 1. The molecular weight excluding hydrogens is 250 g/mol. The molecule has 7 nitrogen and oxygen atoms in total. The molecule has 3 amide bonds. The maximum absolute atomic E-state index is 12.0. The largest absolute Gasteiger partial charge is 0.481 e. The molecule has 0 bridgehead atoms. The highest BCUT2D eigenvalue weighted by Crippen LogP contribution is 2.10. The van der Waals surface area contributed by atoms with Gasteiger partial charge in [0.1, 0.15) is 0 Å². The highest BCUT2D eigenvalue weighted by atomic mass is 16.4. The molecule has 7 heteroatoms. The molecule has 1 aliphatic rings. The van der Waals surface area contributed by atoms with Crippen LogP contribution < -0.4 is 5.32 Å². The number of nitrogens with one attached hydrogen (secondary N) is 1. The molecule has 1 fully saturated rings. The van der Waals surface area contributed by atoms with E-state index in [1.807, 2.05) is 0 Å². The Kier molecular flexibility index (Phi) is 4.74. The van der Waals surface area contributed by atoms with Crippen molar-refractivity contribution in [2.24, 2.45) is 0 Å². The van der Waals surface area contributed by atoms with Crippen LogP contribution in [0.4, 0.5) is 4.79 Å². The van der Waals surface area contributed by atoms with Crippen LogP contribution in [0.1, 0.15) is 27.2 Å². The van der Waals surface area contributed by atoms with Crippen molar-refractivity contribution >= 4 is 17.9 Å². The first kappa shape index (κ1) is 15.3. The van der Waals surface area contributed by atoms with Crippen LogP contribution in [0.3, 0.4) is 0 Å². The lowest BCUT2D eigenvalue weighted by Crippen LogP contribution is -2.56. The third kappa shape index (κ3) is 4.76. The molecule has 0 aliphatic carbocycles. The van der Waals surface area contributed by atoms with E-state index >= 15 is 0 Å². The Bertz CT molecular complexity index is 373. The first-order valence-corrected chi connectivity index (χ1v) is 6.26. The molecule has 0 saturated carbocycles. The van der Waals surface area contributed by atoms with Crippen LogP contribution in [0.5, 0.6) is 0 Å². The number of carboxylic acid groups (broad SMARTS) is 1. The minimum atomic E-state index is -0.952. The van der Waals surface area contributed by atoms with Gasteiger partial charge in [0.2, 0.25) is 5.91 Å². The summed E-state index contributed by atoms with van der Waals surface area (Å²) in [6.45, 7) is 6.81. The van der Waals surface area contributed by atoms with Crippen molar-refractivity contribution in [1.82, 2.24) is 15.1 Å². The molecule has 0 aromatic rings. The van der Waals surface area contributed by atoms with Crippen molar-refractivity contribution in [3.05, 3.63) is 0 Å². The van der Waals surface area contributed by atoms with Gasteiger partial charge in [-0.25, -0.2) is 4.79 Å². The van der Waals surface area contributed by atoms with E-state index in [1.165, 1.54) is 6.92 Å². The van der Waals surface area contributed by atoms with Crippen LogP contribution in [0.25, 0.3) is 0 Å². The third-order valence-corrected chi connectivity index (χ3v) is 3.05. The Morgan fingerprint density at radius 2 is 1.58 bits per heavy atom. The fourth-order valence-corrected chi connectivity index (χ4v) is 2.02. The summed E-state index contributed by atoms with van der Waals surface area (Å²) >= 11 is 0. The number of rotatable bonds is 3. The minimum absolute atomic E-state index is 0.00580. The van der Waals surface area contributed by atoms with Crippen molar-refractivity contribution < 1.29 is 19.5 Å². The Balaban J connectivity index is 2.47. The van der Waals surface area contributed by atoms with Gasteiger partial charge in [0.15, 0.2) is 0 Å². The molecule has 0 radical (unpaired) electrons. The Morgan fingerprint density at radius 1 is 1.11 bits per heavy atom. The standard InChI is InChI=1S/C12H21N3O4/c1-9(16)14-4-6-15(7-5-14)11(19)13-12(2,3)8-10(17)18/h4-8H2,1-3H3,(H,13,19)(H,17,18). The lowest BCUT2D eigenvalue weighted by atomic mass is 10.0.